The number of methoxy groups -OCH3 is 1. The lowest BCUT2D eigenvalue weighted by Crippen LogP contribution is -2.24. The first kappa shape index (κ1) is 20.3. The SMILES string of the molecule is COc1ccc(CNC(=O)c2c(N)n(-c3ccc(N)cc3)c3nc4ccccc4nc23)cc1. The van der Waals surface area contributed by atoms with E-state index in [2.05, 4.69) is 5.32 Å². The van der Waals surface area contributed by atoms with Crippen molar-refractivity contribution >= 4 is 39.6 Å². The van der Waals surface area contributed by atoms with Crippen molar-refractivity contribution in [2.24, 2.45) is 0 Å². The monoisotopic (exact) mass is 438 g/mol. The highest BCUT2D eigenvalue weighted by Gasteiger charge is 2.24. The van der Waals surface area contributed by atoms with Crippen molar-refractivity contribution in [3.8, 4) is 11.4 Å². The molecule has 33 heavy (non-hydrogen) atoms. The molecule has 0 aliphatic heterocycles. The predicted octanol–water partition coefficient (Wildman–Crippen LogP) is 3.68. The number of hydrogen-bond donors (Lipinski definition) is 3. The summed E-state index contributed by atoms with van der Waals surface area (Å²) in [6, 6.07) is 22.2. The van der Waals surface area contributed by atoms with Gasteiger partial charge in [-0.15, -0.1) is 0 Å². The number of para-hydroxylation sites is 2. The number of ether oxygens (including phenoxy) is 1. The summed E-state index contributed by atoms with van der Waals surface area (Å²) < 4.78 is 6.92. The molecule has 0 fully saturated rings. The van der Waals surface area contributed by atoms with E-state index in [1.54, 1.807) is 23.8 Å². The van der Waals surface area contributed by atoms with Crippen molar-refractivity contribution in [1.29, 1.82) is 0 Å². The van der Waals surface area contributed by atoms with E-state index in [4.69, 9.17) is 26.2 Å². The summed E-state index contributed by atoms with van der Waals surface area (Å²) in [4.78, 5) is 22.8. The first-order valence-electron chi connectivity index (χ1n) is 10.4. The van der Waals surface area contributed by atoms with Crippen molar-refractivity contribution in [3.05, 3.63) is 83.9 Å². The van der Waals surface area contributed by atoms with Crippen LogP contribution in [0.5, 0.6) is 5.75 Å². The van der Waals surface area contributed by atoms with E-state index in [1.807, 2.05) is 60.7 Å². The first-order valence-corrected chi connectivity index (χ1v) is 10.4. The van der Waals surface area contributed by atoms with E-state index in [-0.39, 0.29) is 17.3 Å². The molecule has 0 spiro atoms. The van der Waals surface area contributed by atoms with Crippen LogP contribution in [-0.2, 0) is 6.54 Å². The Balaban J connectivity index is 1.60. The van der Waals surface area contributed by atoms with E-state index in [1.165, 1.54) is 0 Å². The smallest absolute Gasteiger partial charge is 0.257 e. The van der Waals surface area contributed by atoms with Crippen LogP contribution in [-0.4, -0.2) is 27.6 Å². The van der Waals surface area contributed by atoms with Gasteiger partial charge in [-0.05, 0) is 54.1 Å². The van der Waals surface area contributed by atoms with Gasteiger partial charge in [-0.2, -0.15) is 0 Å². The van der Waals surface area contributed by atoms with Gasteiger partial charge in [-0.25, -0.2) is 9.97 Å². The number of fused-ring (bicyclic) bond motifs is 2. The summed E-state index contributed by atoms with van der Waals surface area (Å²) in [5, 5.41) is 2.95. The summed E-state index contributed by atoms with van der Waals surface area (Å²) in [6.45, 7) is 0.331. The summed E-state index contributed by atoms with van der Waals surface area (Å²) in [5.74, 6) is 0.687. The minimum absolute atomic E-state index is 0.261. The van der Waals surface area contributed by atoms with Gasteiger partial charge in [0.05, 0.1) is 18.1 Å². The maximum Gasteiger partial charge on any atom is 0.257 e. The second-order valence-corrected chi connectivity index (χ2v) is 7.60. The zero-order valence-electron chi connectivity index (χ0n) is 17.9. The number of nitrogens with zero attached hydrogens (tertiary/aromatic N) is 3. The lowest BCUT2D eigenvalue weighted by molar-refractivity contribution is 0.0953. The number of benzene rings is 3. The zero-order valence-corrected chi connectivity index (χ0v) is 17.9. The highest BCUT2D eigenvalue weighted by molar-refractivity contribution is 6.11. The molecule has 0 unspecified atom stereocenters. The van der Waals surface area contributed by atoms with Crippen LogP contribution in [0.25, 0.3) is 27.9 Å². The van der Waals surface area contributed by atoms with E-state index < -0.39 is 0 Å². The summed E-state index contributed by atoms with van der Waals surface area (Å²) in [5.41, 5.74) is 17.3. The van der Waals surface area contributed by atoms with Crippen LogP contribution in [0.3, 0.4) is 0 Å². The van der Waals surface area contributed by atoms with Crippen LogP contribution < -0.4 is 21.5 Å². The number of hydrogen-bond acceptors (Lipinski definition) is 6. The molecule has 164 valence electrons. The maximum atomic E-state index is 13.3. The molecule has 5 rings (SSSR count). The number of aromatic nitrogens is 3. The van der Waals surface area contributed by atoms with Crippen LogP contribution in [0.4, 0.5) is 11.5 Å². The second-order valence-electron chi connectivity index (χ2n) is 7.60. The van der Waals surface area contributed by atoms with Gasteiger partial charge in [-0.3, -0.25) is 9.36 Å². The molecule has 0 saturated heterocycles. The quantitative estimate of drug-likeness (QED) is 0.360. The maximum absolute atomic E-state index is 13.3. The molecule has 5 aromatic rings. The van der Waals surface area contributed by atoms with Crippen molar-refractivity contribution < 1.29 is 9.53 Å². The van der Waals surface area contributed by atoms with Gasteiger partial charge in [0.1, 0.15) is 22.6 Å². The fourth-order valence-corrected chi connectivity index (χ4v) is 3.78. The van der Waals surface area contributed by atoms with Gasteiger partial charge in [-0.1, -0.05) is 24.3 Å². The van der Waals surface area contributed by atoms with Crippen molar-refractivity contribution in [2.45, 2.75) is 6.54 Å². The number of rotatable bonds is 5. The lowest BCUT2D eigenvalue weighted by Gasteiger charge is -2.09. The Hall–Kier alpha value is -4.59. The molecule has 2 heterocycles. The van der Waals surface area contributed by atoms with E-state index in [9.17, 15) is 4.79 Å². The summed E-state index contributed by atoms with van der Waals surface area (Å²) in [6.07, 6.45) is 0. The number of nitrogens with one attached hydrogen (secondary N) is 1. The molecule has 0 bridgehead atoms. The first-order chi connectivity index (χ1) is 16.0. The Morgan fingerprint density at radius 3 is 2.27 bits per heavy atom. The molecular weight excluding hydrogens is 416 g/mol. The molecule has 0 atom stereocenters. The topological polar surface area (TPSA) is 121 Å². The number of carbonyl (C=O) groups is 1. The average Bonchev–Trinajstić information content (AvgIpc) is 3.12. The minimum atomic E-state index is -0.327. The molecule has 3 aromatic carbocycles. The molecule has 8 heteroatoms. The van der Waals surface area contributed by atoms with Gasteiger partial charge in [0.2, 0.25) is 0 Å². The Morgan fingerprint density at radius 2 is 1.61 bits per heavy atom. The third-order valence-corrected chi connectivity index (χ3v) is 5.49. The molecule has 0 aliphatic rings. The molecule has 0 aliphatic carbocycles. The van der Waals surface area contributed by atoms with Gasteiger partial charge >= 0.3 is 0 Å². The third kappa shape index (κ3) is 3.67. The van der Waals surface area contributed by atoms with Crippen LogP contribution in [0.15, 0.2) is 72.8 Å². The molecular formula is C25H22N6O2. The largest absolute Gasteiger partial charge is 0.497 e. The molecule has 0 radical (unpaired) electrons. The number of carbonyl (C=O) groups excluding carboxylic acids is 1. The highest BCUT2D eigenvalue weighted by Crippen LogP contribution is 2.31. The number of amides is 1. The van der Waals surface area contributed by atoms with Gasteiger partial charge in [0, 0.05) is 17.9 Å². The summed E-state index contributed by atoms with van der Waals surface area (Å²) in [7, 11) is 1.61. The van der Waals surface area contributed by atoms with Crippen molar-refractivity contribution in [3.63, 3.8) is 0 Å². The lowest BCUT2D eigenvalue weighted by atomic mass is 10.2. The van der Waals surface area contributed by atoms with E-state index in [0.717, 1.165) is 17.0 Å². The average molecular weight is 438 g/mol. The van der Waals surface area contributed by atoms with Crippen LogP contribution in [0, 0.1) is 0 Å². The molecule has 1 amide bonds. The summed E-state index contributed by atoms with van der Waals surface area (Å²) >= 11 is 0. The molecule has 8 nitrogen and oxygen atoms in total. The van der Waals surface area contributed by atoms with Gasteiger partial charge in [0.25, 0.3) is 5.91 Å². The third-order valence-electron chi connectivity index (χ3n) is 5.49. The van der Waals surface area contributed by atoms with Gasteiger partial charge in [0.15, 0.2) is 5.65 Å². The van der Waals surface area contributed by atoms with Crippen LogP contribution in [0.2, 0.25) is 0 Å². The van der Waals surface area contributed by atoms with Gasteiger partial charge < -0.3 is 21.5 Å². The standard InChI is InChI=1S/C25H22N6O2/c1-33-18-12-6-15(7-13-18)14-28-25(32)21-22-24(30-20-5-3-2-4-19(20)29-22)31(23(21)27)17-10-8-16(26)9-11-17/h2-13H,14,26-27H2,1H3,(H,28,32). The Labute approximate surface area is 189 Å². The predicted molar refractivity (Wildman–Crippen MR) is 129 cm³/mol. The molecule has 0 saturated carbocycles. The van der Waals surface area contributed by atoms with E-state index in [0.29, 0.717) is 34.4 Å². The minimum Gasteiger partial charge on any atom is -0.497 e. The normalized spacial score (nSPS) is 11.1. The Morgan fingerprint density at radius 1 is 0.939 bits per heavy atom. The Kier molecular flexibility index (Phi) is 5.02. The molecule has 2 aromatic heterocycles. The van der Waals surface area contributed by atoms with E-state index >= 15 is 0 Å². The second kappa shape index (κ2) is 8.16. The fraction of sp³-hybridized carbons (Fsp3) is 0.0800. The van der Waals surface area contributed by atoms with Crippen LogP contribution in [0.1, 0.15) is 15.9 Å². The number of nitrogen functional groups attached to an aromatic ring is 2. The van der Waals surface area contributed by atoms with Crippen molar-refractivity contribution in [1.82, 2.24) is 19.9 Å². The van der Waals surface area contributed by atoms with Crippen molar-refractivity contribution in [2.75, 3.05) is 18.6 Å². The zero-order chi connectivity index (χ0) is 22.9. The highest BCUT2D eigenvalue weighted by atomic mass is 16.5. The fourth-order valence-electron chi connectivity index (χ4n) is 3.78. The molecule has 5 N–H and O–H groups in total. The number of anilines is 2. The number of nitrogens with two attached hydrogens (primary N) is 2. The van der Waals surface area contributed by atoms with Crippen LogP contribution >= 0.6 is 0 Å². The Bertz CT molecular complexity index is 1470.